The first kappa shape index (κ1) is 23.8. The van der Waals surface area contributed by atoms with Gasteiger partial charge in [0.2, 0.25) is 0 Å². The monoisotopic (exact) mass is 508 g/mol. The topological polar surface area (TPSA) is 68.4 Å². The van der Waals surface area contributed by atoms with Crippen LogP contribution in [0.4, 0.5) is 49.2 Å². The molecule has 2 aliphatic heterocycles. The second-order valence-electron chi connectivity index (χ2n) is 8.58. The molecule has 0 atom stereocenters. The maximum atomic E-state index is 14.9. The molecule has 3 heterocycles. The maximum absolute atomic E-state index is 14.9. The van der Waals surface area contributed by atoms with Gasteiger partial charge in [0, 0.05) is 23.4 Å². The molecule has 3 aromatic rings. The van der Waals surface area contributed by atoms with Gasteiger partial charge in [0.25, 0.3) is 11.5 Å². The molecule has 0 saturated carbocycles. The molecule has 2 aromatic carbocycles. The number of benzene rings is 2. The van der Waals surface area contributed by atoms with Gasteiger partial charge in [-0.3, -0.25) is 14.5 Å². The number of carbonyl (C=O) groups excluding carboxylic acids is 1. The molecule has 0 unspecified atom stereocenters. The van der Waals surface area contributed by atoms with Crippen LogP contribution in [-0.4, -0.2) is 24.1 Å². The van der Waals surface area contributed by atoms with E-state index in [1.807, 2.05) is 0 Å². The first-order chi connectivity index (χ1) is 17.0. The molecule has 2 bridgehead atoms. The van der Waals surface area contributed by atoms with Crippen molar-refractivity contribution in [2.24, 2.45) is 0 Å². The number of nitrogens with one attached hydrogen (secondary N) is 2. The molecule has 1 aromatic heterocycles. The number of halogens is 6. The van der Waals surface area contributed by atoms with E-state index in [1.165, 1.54) is 24.0 Å². The Kier molecular flexibility index (Phi) is 5.49. The van der Waals surface area contributed by atoms with Crippen molar-refractivity contribution in [3.63, 3.8) is 0 Å². The van der Waals surface area contributed by atoms with Crippen LogP contribution in [0.1, 0.15) is 33.5 Å². The second-order valence-corrected chi connectivity index (χ2v) is 8.58. The number of aryl methyl sites for hydroxylation is 1. The molecule has 36 heavy (non-hydrogen) atoms. The number of carbonyl (C=O) groups is 1. The fourth-order valence-electron chi connectivity index (χ4n) is 4.51. The van der Waals surface area contributed by atoms with Gasteiger partial charge in [0.15, 0.2) is 11.6 Å². The van der Waals surface area contributed by atoms with E-state index in [2.05, 4.69) is 10.3 Å². The smallest absolute Gasteiger partial charge is 0.370 e. The van der Waals surface area contributed by atoms with Gasteiger partial charge < -0.3 is 15.2 Å². The van der Waals surface area contributed by atoms with Crippen molar-refractivity contribution in [1.82, 2.24) is 4.98 Å². The summed E-state index contributed by atoms with van der Waals surface area (Å²) in [7, 11) is 0. The SMILES string of the molecule is Cc1cc2c([nH]c1=O)NCCCc1c(ccc(F)c1F)N1CN2C(=O)c2cc(F)c(C(F)(F)F)cc21. The minimum atomic E-state index is -5.06. The fourth-order valence-corrected chi connectivity index (χ4v) is 4.51. The Balaban J connectivity index is 1.82. The van der Waals surface area contributed by atoms with Gasteiger partial charge in [-0.05, 0) is 50.1 Å². The number of aromatic amines is 1. The van der Waals surface area contributed by atoms with Crippen LogP contribution < -0.4 is 20.7 Å². The molecule has 188 valence electrons. The van der Waals surface area contributed by atoms with Crippen molar-refractivity contribution in [3.8, 4) is 0 Å². The van der Waals surface area contributed by atoms with E-state index < -0.39 is 52.9 Å². The molecule has 2 N–H and O–H groups in total. The number of anilines is 4. The number of nitrogens with zero attached hydrogens (tertiary/aromatic N) is 2. The standard InChI is InChI=1S/C24H18F6N4O2/c1-11-7-19-21(32-22(11)35)31-6-2-3-12-17(5-4-15(25)20(12)27)33-10-34(19)23(36)13-8-16(26)14(9-18(13)33)24(28,29)30/h4-5,7-9H,2-3,6,10H2,1H3,(H2,31,32,35). The molecule has 0 saturated heterocycles. The molecule has 0 spiro atoms. The highest BCUT2D eigenvalue weighted by Gasteiger charge is 2.40. The lowest BCUT2D eigenvalue weighted by Crippen LogP contribution is -2.46. The highest BCUT2D eigenvalue weighted by molar-refractivity contribution is 6.13. The average molecular weight is 508 g/mol. The molecular weight excluding hydrogens is 490 g/mol. The summed E-state index contributed by atoms with van der Waals surface area (Å²) in [6.45, 7) is 1.29. The molecule has 0 radical (unpaired) electrons. The first-order valence-electron chi connectivity index (χ1n) is 10.9. The van der Waals surface area contributed by atoms with Crippen LogP contribution in [0.25, 0.3) is 0 Å². The highest BCUT2D eigenvalue weighted by atomic mass is 19.4. The normalized spacial score (nSPS) is 15.5. The Labute approximate surface area is 200 Å². The van der Waals surface area contributed by atoms with Gasteiger partial charge in [-0.25, -0.2) is 13.2 Å². The number of pyridine rings is 1. The molecule has 6 nitrogen and oxygen atoms in total. The highest BCUT2D eigenvalue weighted by Crippen LogP contribution is 2.43. The first-order valence-corrected chi connectivity index (χ1v) is 10.9. The molecule has 12 heteroatoms. The predicted molar refractivity (Wildman–Crippen MR) is 120 cm³/mol. The van der Waals surface area contributed by atoms with Crippen LogP contribution >= 0.6 is 0 Å². The van der Waals surface area contributed by atoms with Crippen molar-refractivity contribution in [2.45, 2.75) is 25.9 Å². The summed E-state index contributed by atoms with van der Waals surface area (Å²) in [6.07, 6.45) is -4.81. The quantitative estimate of drug-likeness (QED) is 0.408. The van der Waals surface area contributed by atoms with Gasteiger partial charge in [-0.15, -0.1) is 0 Å². The summed E-state index contributed by atoms with van der Waals surface area (Å²) in [6, 6.07) is 4.47. The Morgan fingerprint density at radius 3 is 2.39 bits per heavy atom. The van der Waals surface area contributed by atoms with Crippen LogP contribution in [0, 0.1) is 24.4 Å². The Bertz CT molecular complexity index is 1470. The van der Waals surface area contributed by atoms with Gasteiger partial charge in [-0.2, -0.15) is 13.2 Å². The fraction of sp³-hybridized carbons (Fsp3) is 0.250. The largest absolute Gasteiger partial charge is 0.419 e. The summed E-state index contributed by atoms with van der Waals surface area (Å²) in [5.41, 5.74) is -2.36. The lowest BCUT2D eigenvalue weighted by molar-refractivity contribution is -0.139. The molecule has 0 aliphatic carbocycles. The Hall–Kier alpha value is -3.96. The summed E-state index contributed by atoms with van der Waals surface area (Å²) in [5, 5.41) is 2.97. The van der Waals surface area contributed by atoms with Gasteiger partial charge >= 0.3 is 6.18 Å². The summed E-state index contributed by atoms with van der Waals surface area (Å²) in [4.78, 5) is 30.7. The van der Waals surface area contributed by atoms with Crippen molar-refractivity contribution in [2.75, 3.05) is 28.3 Å². The van der Waals surface area contributed by atoms with E-state index in [9.17, 15) is 35.9 Å². The summed E-state index contributed by atoms with van der Waals surface area (Å²) >= 11 is 0. The predicted octanol–water partition coefficient (Wildman–Crippen LogP) is 5.23. The third kappa shape index (κ3) is 3.76. The van der Waals surface area contributed by atoms with Crippen molar-refractivity contribution >= 4 is 28.8 Å². The number of hydrogen-bond acceptors (Lipinski definition) is 4. The van der Waals surface area contributed by atoms with Crippen LogP contribution in [0.2, 0.25) is 0 Å². The van der Waals surface area contributed by atoms with Crippen LogP contribution in [0.3, 0.4) is 0 Å². The zero-order chi connectivity index (χ0) is 25.9. The van der Waals surface area contributed by atoms with Crippen LogP contribution in [-0.2, 0) is 12.6 Å². The summed E-state index contributed by atoms with van der Waals surface area (Å²) < 4.78 is 84.3. The average Bonchev–Trinajstić information content (AvgIpc) is 2.83. The number of aromatic nitrogens is 1. The van der Waals surface area contributed by atoms with E-state index in [-0.39, 0.29) is 53.4 Å². The number of H-pyrrole nitrogens is 1. The number of alkyl halides is 3. The number of fused-ring (bicyclic) bond motifs is 8. The molecule has 5 rings (SSSR count). The van der Waals surface area contributed by atoms with Gasteiger partial charge in [-0.1, -0.05) is 0 Å². The lowest BCUT2D eigenvalue weighted by atomic mass is 10.00. The Morgan fingerprint density at radius 1 is 0.917 bits per heavy atom. The number of amides is 1. The minimum Gasteiger partial charge on any atom is -0.370 e. The van der Waals surface area contributed by atoms with E-state index in [0.717, 1.165) is 11.0 Å². The van der Waals surface area contributed by atoms with Gasteiger partial charge in [0.1, 0.15) is 18.3 Å². The second kappa shape index (κ2) is 8.32. The summed E-state index contributed by atoms with van der Waals surface area (Å²) in [5.74, 6) is -4.63. The molecule has 1 amide bonds. The minimum absolute atomic E-state index is 0.00947. The van der Waals surface area contributed by atoms with Crippen LogP contribution in [0.5, 0.6) is 0 Å². The lowest BCUT2D eigenvalue weighted by Gasteiger charge is -2.39. The Morgan fingerprint density at radius 2 is 1.67 bits per heavy atom. The van der Waals surface area contributed by atoms with E-state index >= 15 is 0 Å². The van der Waals surface area contributed by atoms with E-state index in [0.29, 0.717) is 12.1 Å². The van der Waals surface area contributed by atoms with E-state index in [4.69, 9.17) is 0 Å². The van der Waals surface area contributed by atoms with Crippen molar-refractivity contribution in [3.05, 3.63) is 80.4 Å². The molecular formula is C24H18F6N4O2. The van der Waals surface area contributed by atoms with Gasteiger partial charge in [0.05, 0.1) is 22.5 Å². The number of hydrogen-bond donors (Lipinski definition) is 2. The third-order valence-corrected chi connectivity index (χ3v) is 6.30. The van der Waals surface area contributed by atoms with E-state index in [1.54, 1.807) is 0 Å². The zero-order valence-corrected chi connectivity index (χ0v) is 18.7. The number of rotatable bonds is 0. The molecule has 0 fully saturated rings. The zero-order valence-electron chi connectivity index (χ0n) is 18.7. The molecule has 2 aliphatic rings. The van der Waals surface area contributed by atoms with Crippen molar-refractivity contribution < 1.29 is 31.1 Å². The third-order valence-electron chi connectivity index (χ3n) is 6.30. The maximum Gasteiger partial charge on any atom is 0.419 e. The van der Waals surface area contributed by atoms with Crippen LogP contribution in [0.15, 0.2) is 35.1 Å². The van der Waals surface area contributed by atoms with Crippen molar-refractivity contribution in [1.29, 1.82) is 0 Å².